The first-order chi connectivity index (χ1) is 11.6. The summed E-state index contributed by atoms with van der Waals surface area (Å²) >= 11 is 0. The first-order valence-electron chi connectivity index (χ1n) is 8.58. The van der Waals surface area contributed by atoms with Gasteiger partial charge < -0.3 is 14.7 Å². The van der Waals surface area contributed by atoms with E-state index in [1.54, 1.807) is 6.92 Å². The van der Waals surface area contributed by atoms with Crippen LogP contribution in [0.3, 0.4) is 0 Å². The summed E-state index contributed by atoms with van der Waals surface area (Å²) in [5, 5.41) is 0. The lowest BCUT2D eigenvalue weighted by Gasteiger charge is -2.32. The van der Waals surface area contributed by atoms with E-state index >= 15 is 0 Å². The molecule has 0 amide bonds. The molecule has 3 heterocycles. The Bertz CT molecular complexity index is 724. The highest BCUT2D eigenvalue weighted by molar-refractivity contribution is 5.08. The van der Waals surface area contributed by atoms with Gasteiger partial charge in [-0.1, -0.05) is 13.3 Å². The number of rotatable bonds is 6. The Labute approximate surface area is 141 Å². The van der Waals surface area contributed by atoms with Gasteiger partial charge in [-0.3, -0.25) is 9.69 Å². The number of nitrogens with one attached hydrogen (secondary N) is 2. The van der Waals surface area contributed by atoms with E-state index in [1.807, 2.05) is 6.20 Å². The summed E-state index contributed by atoms with van der Waals surface area (Å²) in [6.45, 7) is 6.99. The first kappa shape index (κ1) is 16.9. The molecule has 3 rings (SSSR count). The van der Waals surface area contributed by atoms with Crippen molar-refractivity contribution < 1.29 is 4.74 Å². The molecule has 2 N–H and O–H groups in total. The van der Waals surface area contributed by atoms with E-state index in [4.69, 9.17) is 4.74 Å². The van der Waals surface area contributed by atoms with E-state index in [-0.39, 0.29) is 11.7 Å². The molecule has 0 unspecified atom stereocenters. The lowest BCUT2D eigenvalue weighted by molar-refractivity contribution is -0.0355. The molecule has 24 heavy (non-hydrogen) atoms. The Morgan fingerprint density at radius 1 is 1.42 bits per heavy atom. The van der Waals surface area contributed by atoms with Crippen LogP contribution in [0.1, 0.15) is 48.9 Å². The van der Waals surface area contributed by atoms with E-state index < -0.39 is 0 Å². The third kappa shape index (κ3) is 4.30. The number of imidazole rings is 1. The van der Waals surface area contributed by atoms with Crippen molar-refractivity contribution in [2.24, 2.45) is 0 Å². The summed E-state index contributed by atoms with van der Waals surface area (Å²) in [5.41, 5.74) is 1.69. The largest absolute Gasteiger partial charge is 0.369 e. The van der Waals surface area contributed by atoms with Crippen LogP contribution < -0.4 is 5.56 Å². The third-order valence-corrected chi connectivity index (χ3v) is 4.20. The lowest BCUT2D eigenvalue weighted by atomic mass is 10.2. The SMILES string of the molecule is CCCCc1ncc(CN2CCO[C@H](c3cc(=O)[nH]c(C)n3)C2)[nH]1. The molecular weight excluding hydrogens is 306 g/mol. The monoisotopic (exact) mass is 331 g/mol. The molecule has 2 aromatic rings. The Morgan fingerprint density at radius 2 is 2.29 bits per heavy atom. The number of ether oxygens (including phenoxy) is 1. The van der Waals surface area contributed by atoms with Gasteiger partial charge in [-0.2, -0.15) is 0 Å². The van der Waals surface area contributed by atoms with Crippen LogP contribution in [0.25, 0.3) is 0 Å². The lowest BCUT2D eigenvalue weighted by Crippen LogP contribution is -2.38. The molecule has 0 saturated carbocycles. The predicted molar refractivity (Wildman–Crippen MR) is 90.8 cm³/mol. The highest BCUT2D eigenvalue weighted by Gasteiger charge is 2.24. The maximum atomic E-state index is 11.6. The Hall–Kier alpha value is -1.99. The second kappa shape index (κ2) is 7.72. The van der Waals surface area contributed by atoms with E-state index in [0.29, 0.717) is 18.1 Å². The zero-order chi connectivity index (χ0) is 16.9. The molecule has 1 fully saturated rings. The second-order valence-corrected chi connectivity index (χ2v) is 6.31. The first-order valence-corrected chi connectivity index (χ1v) is 8.58. The van der Waals surface area contributed by atoms with E-state index in [9.17, 15) is 4.79 Å². The molecule has 1 atom stereocenters. The molecule has 1 saturated heterocycles. The standard InChI is InChI=1S/C17H25N5O2/c1-3-4-5-16-18-9-13(21-16)10-22-6-7-24-15(11-22)14-8-17(23)20-12(2)19-14/h8-9,15H,3-7,10-11H2,1-2H3,(H,18,21)(H,19,20,23)/t15-/m0/s1. The fourth-order valence-electron chi connectivity index (χ4n) is 2.99. The molecule has 0 bridgehead atoms. The van der Waals surface area contributed by atoms with Crippen molar-refractivity contribution >= 4 is 0 Å². The van der Waals surface area contributed by atoms with Gasteiger partial charge in [0.05, 0.1) is 12.3 Å². The number of hydrogen-bond acceptors (Lipinski definition) is 5. The van der Waals surface area contributed by atoms with Crippen molar-refractivity contribution in [1.29, 1.82) is 0 Å². The van der Waals surface area contributed by atoms with Gasteiger partial charge in [-0.05, 0) is 13.3 Å². The maximum Gasteiger partial charge on any atom is 0.251 e. The van der Waals surface area contributed by atoms with Gasteiger partial charge in [0.15, 0.2) is 0 Å². The highest BCUT2D eigenvalue weighted by Crippen LogP contribution is 2.20. The number of unbranched alkanes of at least 4 members (excludes halogenated alkanes) is 1. The smallest absolute Gasteiger partial charge is 0.251 e. The van der Waals surface area contributed by atoms with Crippen molar-refractivity contribution in [3.63, 3.8) is 0 Å². The molecule has 0 radical (unpaired) electrons. The Morgan fingerprint density at radius 3 is 3.08 bits per heavy atom. The summed E-state index contributed by atoms with van der Waals surface area (Å²) in [5.74, 6) is 1.68. The minimum atomic E-state index is -0.165. The average Bonchev–Trinajstić information content (AvgIpc) is 2.99. The number of hydrogen-bond donors (Lipinski definition) is 2. The van der Waals surface area contributed by atoms with Gasteiger partial charge in [-0.15, -0.1) is 0 Å². The van der Waals surface area contributed by atoms with Crippen LogP contribution in [0.2, 0.25) is 0 Å². The number of aryl methyl sites for hydroxylation is 2. The molecule has 7 nitrogen and oxygen atoms in total. The van der Waals surface area contributed by atoms with Crippen LogP contribution in [-0.2, 0) is 17.7 Å². The number of nitrogens with zero attached hydrogens (tertiary/aromatic N) is 3. The molecule has 0 aliphatic carbocycles. The molecular formula is C17H25N5O2. The second-order valence-electron chi connectivity index (χ2n) is 6.31. The third-order valence-electron chi connectivity index (χ3n) is 4.20. The van der Waals surface area contributed by atoms with Crippen LogP contribution in [0.4, 0.5) is 0 Å². The molecule has 7 heteroatoms. The summed E-state index contributed by atoms with van der Waals surface area (Å²) in [6, 6.07) is 1.53. The van der Waals surface area contributed by atoms with Crippen LogP contribution in [0, 0.1) is 6.92 Å². The van der Waals surface area contributed by atoms with Gasteiger partial charge in [-0.25, -0.2) is 9.97 Å². The predicted octanol–water partition coefficient (Wildman–Crippen LogP) is 1.72. The van der Waals surface area contributed by atoms with Crippen LogP contribution >= 0.6 is 0 Å². The van der Waals surface area contributed by atoms with Crippen LogP contribution in [0.15, 0.2) is 17.1 Å². The zero-order valence-corrected chi connectivity index (χ0v) is 14.3. The minimum Gasteiger partial charge on any atom is -0.369 e. The summed E-state index contributed by atoms with van der Waals surface area (Å²) in [7, 11) is 0. The Kier molecular flexibility index (Phi) is 5.42. The van der Waals surface area contributed by atoms with Gasteiger partial charge in [0, 0.05) is 44.0 Å². The summed E-state index contributed by atoms with van der Waals surface area (Å²) < 4.78 is 5.82. The fourth-order valence-corrected chi connectivity index (χ4v) is 2.99. The molecule has 2 aromatic heterocycles. The number of morpholine rings is 1. The molecule has 0 aromatic carbocycles. The van der Waals surface area contributed by atoms with Crippen molar-refractivity contribution in [2.75, 3.05) is 19.7 Å². The molecule has 130 valence electrons. The number of aromatic amines is 2. The summed E-state index contributed by atoms with van der Waals surface area (Å²) in [6.07, 6.45) is 5.08. The van der Waals surface area contributed by atoms with Crippen molar-refractivity contribution in [3.8, 4) is 0 Å². The van der Waals surface area contributed by atoms with Crippen molar-refractivity contribution in [3.05, 3.63) is 45.7 Å². The van der Waals surface area contributed by atoms with Gasteiger partial charge >= 0.3 is 0 Å². The molecule has 0 spiro atoms. The van der Waals surface area contributed by atoms with Crippen molar-refractivity contribution in [2.45, 2.75) is 45.8 Å². The van der Waals surface area contributed by atoms with Crippen LogP contribution in [-0.4, -0.2) is 44.5 Å². The molecule has 1 aliphatic heterocycles. The van der Waals surface area contributed by atoms with E-state index in [2.05, 4.69) is 31.8 Å². The van der Waals surface area contributed by atoms with Gasteiger partial charge in [0.25, 0.3) is 5.56 Å². The molecule has 1 aliphatic rings. The quantitative estimate of drug-likeness (QED) is 0.841. The topological polar surface area (TPSA) is 86.9 Å². The van der Waals surface area contributed by atoms with E-state index in [1.165, 1.54) is 12.5 Å². The van der Waals surface area contributed by atoms with Crippen molar-refractivity contribution in [1.82, 2.24) is 24.8 Å². The van der Waals surface area contributed by atoms with Gasteiger partial charge in [0.1, 0.15) is 17.8 Å². The number of aromatic nitrogens is 4. The average molecular weight is 331 g/mol. The highest BCUT2D eigenvalue weighted by atomic mass is 16.5. The minimum absolute atomic E-state index is 0.132. The normalized spacial score (nSPS) is 18.8. The maximum absolute atomic E-state index is 11.6. The zero-order valence-electron chi connectivity index (χ0n) is 14.3. The summed E-state index contributed by atoms with van der Waals surface area (Å²) in [4.78, 5) is 28.9. The van der Waals surface area contributed by atoms with Gasteiger partial charge in [0.2, 0.25) is 0 Å². The van der Waals surface area contributed by atoms with Crippen LogP contribution in [0.5, 0.6) is 0 Å². The number of H-pyrrole nitrogens is 2. The Balaban J connectivity index is 1.63. The fraction of sp³-hybridized carbons (Fsp3) is 0.588. The van der Waals surface area contributed by atoms with E-state index in [0.717, 1.165) is 44.0 Å².